The quantitative estimate of drug-likeness (QED) is 0.296. The second-order valence-electron chi connectivity index (χ2n) is 7.14. The van der Waals surface area contributed by atoms with Crippen molar-refractivity contribution in [2.45, 2.75) is 39.3 Å². The van der Waals surface area contributed by atoms with E-state index in [0.717, 1.165) is 24.9 Å². The van der Waals surface area contributed by atoms with Gasteiger partial charge in [-0.05, 0) is 39.8 Å². The molecule has 26 heavy (non-hydrogen) atoms. The molecule has 0 bridgehead atoms. The first-order chi connectivity index (χ1) is 11.8. The predicted molar refractivity (Wildman–Crippen MR) is 117 cm³/mol. The molecule has 1 aliphatic rings. The van der Waals surface area contributed by atoms with Crippen LogP contribution in [-0.4, -0.2) is 71.5 Å². The maximum absolute atomic E-state index is 12.6. The Balaban J connectivity index is 0.00000338. The Morgan fingerprint density at radius 2 is 2.08 bits per heavy atom. The van der Waals surface area contributed by atoms with Crippen LogP contribution in [0, 0.1) is 0 Å². The standard InChI is InChI=1S/C18H30N6O.HI/c1-14(2)24-16(25)12-23(13-18(24,3)4)17(19-5)22-11-10-21-15-8-6-7-9-20-15;/h6-9,14H,10-13H2,1-5H3,(H,19,22)(H,20,21);1H. The molecule has 1 aromatic rings. The Labute approximate surface area is 173 Å². The molecule has 1 aromatic heterocycles. The molecular formula is C18H31IN6O. The normalized spacial score (nSPS) is 17.2. The van der Waals surface area contributed by atoms with E-state index in [4.69, 9.17) is 0 Å². The molecule has 0 radical (unpaired) electrons. The van der Waals surface area contributed by atoms with E-state index in [1.54, 1.807) is 13.2 Å². The Bertz CT molecular complexity index is 605. The summed E-state index contributed by atoms with van der Waals surface area (Å²) in [5.74, 6) is 1.75. The van der Waals surface area contributed by atoms with E-state index in [9.17, 15) is 4.79 Å². The average Bonchev–Trinajstić information content (AvgIpc) is 2.54. The van der Waals surface area contributed by atoms with Crippen molar-refractivity contribution in [3.05, 3.63) is 24.4 Å². The van der Waals surface area contributed by atoms with Crippen molar-refractivity contribution in [1.29, 1.82) is 0 Å². The number of rotatable bonds is 5. The van der Waals surface area contributed by atoms with Gasteiger partial charge in [-0.15, -0.1) is 24.0 Å². The molecule has 0 aliphatic carbocycles. The number of halogens is 1. The zero-order valence-electron chi connectivity index (χ0n) is 16.3. The number of pyridine rings is 1. The number of carbonyl (C=O) groups is 1. The number of nitrogens with one attached hydrogen (secondary N) is 2. The van der Waals surface area contributed by atoms with E-state index in [0.29, 0.717) is 13.1 Å². The van der Waals surface area contributed by atoms with Crippen molar-refractivity contribution in [1.82, 2.24) is 20.1 Å². The van der Waals surface area contributed by atoms with Crippen LogP contribution in [0.1, 0.15) is 27.7 Å². The molecule has 0 aromatic carbocycles. The number of hydrogen-bond donors (Lipinski definition) is 2. The first kappa shape index (κ1) is 22.5. The summed E-state index contributed by atoms with van der Waals surface area (Å²) < 4.78 is 0. The molecule has 2 rings (SSSR count). The van der Waals surface area contributed by atoms with Crippen molar-refractivity contribution >= 4 is 41.7 Å². The van der Waals surface area contributed by atoms with Gasteiger partial charge in [-0.2, -0.15) is 0 Å². The number of aliphatic imine (C=N–C) groups is 1. The minimum atomic E-state index is -0.229. The molecule has 0 saturated carbocycles. The van der Waals surface area contributed by atoms with Crippen LogP contribution in [0.15, 0.2) is 29.4 Å². The van der Waals surface area contributed by atoms with Crippen LogP contribution in [0.3, 0.4) is 0 Å². The fraction of sp³-hybridized carbons (Fsp3) is 0.611. The van der Waals surface area contributed by atoms with Crippen molar-refractivity contribution < 1.29 is 4.79 Å². The highest BCUT2D eigenvalue weighted by atomic mass is 127. The lowest BCUT2D eigenvalue weighted by Gasteiger charge is -2.49. The Morgan fingerprint density at radius 1 is 1.35 bits per heavy atom. The summed E-state index contributed by atoms with van der Waals surface area (Å²) in [6.07, 6.45) is 1.76. The van der Waals surface area contributed by atoms with Crippen LogP contribution in [-0.2, 0) is 4.79 Å². The average molecular weight is 474 g/mol. The molecule has 0 spiro atoms. The highest BCUT2D eigenvalue weighted by molar-refractivity contribution is 14.0. The molecule has 1 aliphatic heterocycles. The molecule has 1 amide bonds. The number of hydrogen-bond acceptors (Lipinski definition) is 4. The molecule has 1 saturated heterocycles. The third kappa shape index (κ3) is 5.72. The van der Waals surface area contributed by atoms with Crippen LogP contribution in [0.5, 0.6) is 0 Å². The van der Waals surface area contributed by atoms with E-state index in [1.807, 2.05) is 28.0 Å². The molecule has 7 nitrogen and oxygen atoms in total. The zero-order valence-corrected chi connectivity index (χ0v) is 18.7. The first-order valence-electron chi connectivity index (χ1n) is 8.78. The monoisotopic (exact) mass is 474 g/mol. The summed E-state index contributed by atoms with van der Waals surface area (Å²) >= 11 is 0. The van der Waals surface area contributed by atoms with Crippen LogP contribution < -0.4 is 10.6 Å². The third-order valence-corrected chi connectivity index (χ3v) is 4.23. The van der Waals surface area contributed by atoms with Crippen LogP contribution >= 0.6 is 24.0 Å². The lowest BCUT2D eigenvalue weighted by molar-refractivity contribution is -0.145. The molecule has 2 N–H and O–H groups in total. The summed E-state index contributed by atoms with van der Waals surface area (Å²) in [6.45, 7) is 10.9. The molecule has 1 fully saturated rings. The van der Waals surface area contributed by atoms with Gasteiger partial charge in [0.2, 0.25) is 5.91 Å². The van der Waals surface area contributed by atoms with Crippen molar-refractivity contribution in [3.8, 4) is 0 Å². The van der Waals surface area contributed by atoms with E-state index in [2.05, 4.69) is 48.3 Å². The number of nitrogens with zero attached hydrogens (tertiary/aromatic N) is 4. The van der Waals surface area contributed by atoms with E-state index in [1.165, 1.54) is 0 Å². The molecule has 0 unspecified atom stereocenters. The van der Waals surface area contributed by atoms with Crippen molar-refractivity contribution in [3.63, 3.8) is 0 Å². The predicted octanol–water partition coefficient (Wildman–Crippen LogP) is 2.02. The molecule has 0 atom stereocenters. The zero-order chi connectivity index (χ0) is 18.4. The van der Waals surface area contributed by atoms with Gasteiger partial charge in [-0.1, -0.05) is 6.07 Å². The van der Waals surface area contributed by atoms with Gasteiger partial charge in [-0.25, -0.2) is 4.98 Å². The lowest BCUT2D eigenvalue weighted by Crippen LogP contribution is -2.66. The fourth-order valence-electron chi connectivity index (χ4n) is 3.48. The third-order valence-electron chi connectivity index (χ3n) is 4.23. The number of anilines is 1. The van der Waals surface area contributed by atoms with E-state index < -0.39 is 0 Å². The lowest BCUT2D eigenvalue weighted by atomic mass is 9.96. The second-order valence-corrected chi connectivity index (χ2v) is 7.14. The largest absolute Gasteiger partial charge is 0.368 e. The van der Waals surface area contributed by atoms with Gasteiger partial charge in [0.25, 0.3) is 0 Å². The van der Waals surface area contributed by atoms with Crippen molar-refractivity contribution in [2.24, 2.45) is 4.99 Å². The Morgan fingerprint density at radius 3 is 2.62 bits per heavy atom. The van der Waals surface area contributed by atoms with Crippen molar-refractivity contribution in [2.75, 3.05) is 38.5 Å². The van der Waals surface area contributed by atoms with Crippen LogP contribution in [0.2, 0.25) is 0 Å². The Kier molecular flexibility index (Phi) is 8.58. The highest BCUT2D eigenvalue weighted by Crippen LogP contribution is 2.24. The number of carbonyl (C=O) groups excluding carboxylic acids is 1. The molecule has 2 heterocycles. The summed E-state index contributed by atoms with van der Waals surface area (Å²) in [5.41, 5.74) is -0.229. The minimum absolute atomic E-state index is 0. The van der Waals surface area contributed by atoms with E-state index >= 15 is 0 Å². The van der Waals surface area contributed by atoms with Gasteiger partial charge in [0.15, 0.2) is 5.96 Å². The smallest absolute Gasteiger partial charge is 0.242 e. The minimum Gasteiger partial charge on any atom is -0.368 e. The molecular weight excluding hydrogens is 443 g/mol. The van der Waals surface area contributed by atoms with Crippen LogP contribution in [0.4, 0.5) is 5.82 Å². The van der Waals surface area contributed by atoms with Gasteiger partial charge in [0.05, 0.1) is 12.1 Å². The highest BCUT2D eigenvalue weighted by Gasteiger charge is 2.40. The van der Waals surface area contributed by atoms with Gasteiger partial charge in [0, 0.05) is 38.9 Å². The number of piperazine rings is 1. The number of guanidine groups is 1. The first-order valence-corrected chi connectivity index (χ1v) is 8.78. The van der Waals surface area contributed by atoms with Gasteiger partial charge in [0.1, 0.15) is 5.82 Å². The van der Waals surface area contributed by atoms with Gasteiger partial charge >= 0.3 is 0 Å². The summed E-state index contributed by atoms with van der Waals surface area (Å²) in [7, 11) is 1.75. The number of amides is 1. The Hall–Kier alpha value is -1.58. The maximum Gasteiger partial charge on any atom is 0.242 e. The topological polar surface area (TPSA) is 72.9 Å². The van der Waals surface area contributed by atoms with Gasteiger partial charge < -0.3 is 20.4 Å². The maximum atomic E-state index is 12.6. The summed E-state index contributed by atoms with van der Waals surface area (Å²) in [6, 6.07) is 5.97. The molecule has 146 valence electrons. The second kappa shape index (κ2) is 9.94. The summed E-state index contributed by atoms with van der Waals surface area (Å²) in [5, 5.41) is 6.58. The SMILES string of the molecule is CN=C(NCCNc1ccccn1)N1CC(=O)N(C(C)C)C(C)(C)C1.I. The van der Waals surface area contributed by atoms with Gasteiger partial charge in [-0.3, -0.25) is 9.79 Å². The molecule has 8 heteroatoms. The fourth-order valence-corrected chi connectivity index (χ4v) is 3.48. The summed E-state index contributed by atoms with van der Waals surface area (Å²) in [4.78, 5) is 25.2. The number of aromatic nitrogens is 1. The van der Waals surface area contributed by atoms with Crippen LogP contribution in [0.25, 0.3) is 0 Å². The van der Waals surface area contributed by atoms with E-state index in [-0.39, 0.29) is 41.5 Å².